The highest BCUT2D eigenvalue weighted by Gasteiger charge is 2.21. The van der Waals surface area contributed by atoms with Gasteiger partial charge in [-0.15, -0.1) is 0 Å². The first-order valence-electron chi connectivity index (χ1n) is 7.71. The van der Waals surface area contributed by atoms with Gasteiger partial charge in [-0.05, 0) is 36.6 Å². The molecule has 1 heterocycles. The van der Waals surface area contributed by atoms with Crippen molar-refractivity contribution in [2.24, 2.45) is 0 Å². The topological polar surface area (TPSA) is 34.1 Å². The summed E-state index contributed by atoms with van der Waals surface area (Å²) < 4.78 is 5.94. The molecule has 22 heavy (non-hydrogen) atoms. The zero-order chi connectivity index (χ0) is 14.8. The highest BCUT2D eigenvalue weighted by molar-refractivity contribution is 5.96. The van der Waals surface area contributed by atoms with Crippen molar-refractivity contribution in [2.75, 3.05) is 5.32 Å². The summed E-state index contributed by atoms with van der Waals surface area (Å²) in [6, 6.07) is 19.1. The van der Waals surface area contributed by atoms with Crippen molar-refractivity contribution in [1.29, 1.82) is 0 Å². The minimum absolute atomic E-state index is 0.535. The molecule has 1 aliphatic rings. The summed E-state index contributed by atoms with van der Waals surface area (Å²) in [5.74, 6) is 0.695. The Kier molecular flexibility index (Phi) is 3.39. The van der Waals surface area contributed by atoms with E-state index in [1.54, 1.807) is 0 Å². The van der Waals surface area contributed by atoms with Crippen LogP contribution in [0.15, 0.2) is 60.8 Å². The van der Waals surface area contributed by atoms with E-state index in [0.717, 1.165) is 10.9 Å². The molecule has 110 valence electrons. The Morgan fingerprint density at radius 3 is 2.64 bits per heavy atom. The predicted molar refractivity (Wildman–Crippen MR) is 89.2 cm³/mol. The third-order valence-electron chi connectivity index (χ3n) is 3.92. The normalized spacial score (nSPS) is 14.0. The first-order chi connectivity index (χ1) is 10.9. The number of fused-ring (bicyclic) bond motifs is 1. The van der Waals surface area contributed by atoms with E-state index in [9.17, 15) is 0 Å². The van der Waals surface area contributed by atoms with E-state index in [4.69, 9.17) is 4.74 Å². The maximum atomic E-state index is 5.94. The molecule has 1 N–H and O–H groups in total. The second kappa shape index (κ2) is 5.68. The van der Waals surface area contributed by atoms with Crippen LogP contribution in [0.1, 0.15) is 18.4 Å². The number of hydrogen-bond acceptors (Lipinski definition) is 3. The number of rotatable bonds is 5. The lowest BCUT2D eigenvalue weighted by Gasteiger charge is -2.12. The first-order valence-corrected chi connectivity index (χ1v) is 7.71. The Balaban J connectivity index is 1.63. The monoisotopic (exact) mass is 290 g/mol. The van der Waals surface area contributed by atoms with Crippen LogP contribution < -0.4 is 10.1 Å². The summed E-state index contributed by atoms with van der Waals surface area (Å²) in [5, 5.41) is 5.81. The zero-order valence-corrected chi connectivity index (χ0v) is 12.3. The van der Waals surface area contributed by atoms with E-state index >= 15 is 0 Å². The van der Waals surface area contributed by atoms with Gasteiger partial charge in [0.2, 0.25) is 5.88 Å². The maximum absolute atomic E-state index is 5.94. The lowest BCUT2D eigenvalue weighted by molar-refractivity contribution is 0.298. The fraction of sp³-hybridized carbons (Fsp3) is 0.211. The standard InChI is InChI=1S/C19H18N2O/c1-2-5-14(6-3-1)13-22-19-17-7-4-8-18(21-15-9-10-15)16(17)11-12-20-19/h1-8,11-12,15,21H,9-10,13H2. The van der Waals surface area contributed by atoms with Crippen molar-refractivity contribution < 1.29 is 4.74 Å². The quantitative estimate of drug-likeness (QED) is 0.756. The molecule has 0 amide bonds. The van der Waals surface area contributed by atoms with Crippen LogP contribution in [-0.4, -0.2) is 11.0 Å². The molecule has 3 nitrogen and oxygen atoms in total. The fourth-order valence-electron chi connectivity index (χ4n) is 2.59. The van der Waals surface area contributed by atoms with E-state index in [-0.39, 0.29) is 0 Å². The van der Waals surface area contributed by atoms with Gasteiger partial charge in [0.15, 0.2) is 0 Å². The summed E-state index contributed by atoms with van der Waals surface area (Å²) in [7, 11) is 0. The predicted octanol–water partition coefficient (Wildman–Crippen LogP) is 4.39. The summed E-state index contributed by atoms with van der Waals surface area (Å²) in [6.45, 7) is 0.535. The number of pyridine rings is 1. The van der Waals surface area contributed by atoms with Gasteiger partial charge >= 0.3 is 0 Å². The van der Waals surface area contributed by atoms with Crippen LogP contribution >= 0.6 is 0 Å². The van der Waals surface area contributed by atoms with Crippen LogP contribution in [0.4, 0.5) is 5.69 Å². The number of ether oxygens (including phenoxy) is 1. The summed E-state index contributed by atoms with van der Waals surface area (Å²) in [6.07, 6.45) is 4.35. The van der Waals surface area contributed by atoms with Crippen LogP contribution in [0.5, 0.6) is 5.88 Å². The number of nitrogens with one attached hydrogen (secondary N) is 1. The van der Waals surface area contributed by atoms with Crippen molar-refractivity contribution >= 4 is 16.5 Å². The molecule has 4 rings (SSSR count). The lowest BCUT2D eigenvalue weighted by atomic mass is 10.1. The molecule has 1 fully saturated rings. The molecule has 0 bridgehead atoms. The molecule has 1 aliphatic carbocycles. The van der Waals surface area contributed by atoms with Gasteiger partial charge in [0.05, 0.1) is 0 Å². The van der Waals surface area contributed by atoms with Crippen molar-refractivity contribution in [3.05, 3.63) is 66.4 Å². The molecule has 0 spiro atoms. The number of nitrogens with zero attached hydrogens (tertiary/aromatic N) is 1. The SMILES string of the molecule is c1ccc(COc2nccc3c(NC4CC4)cccc23)cc1. The van der Waals surface area contributed by atoms with Gasteiger partial charge < -0.3 is 10.1 Å². The average Bonchev–Trinajstić information content (AvgIpc) is 3.38. The third kappa shape index (κ3) is 2.75. The largest absolute Gasteiger partial charge is 0.472 e. The molecule has 3 aromatic rings. The minimum atomic E-state index is 0.535. The van der Waals surface area contributed by atoms with Gasteiger partial charge in [0, 0.05) is 28.7 Å². The minimum Gasteiger partial charge on any atom is -0.472 e. The maximum Gasteiger partial charge on any atom is 0.221 e. The molecule has 0 atom stereocenters. The molecular weight excluding hydrogens is 272 g/mol. The van der Waals surface area contributed by atoms with Gasteiger partial charge in [0.1, 0.15) is 6.61 Å². The molecule has 1 saturated carbocycles. The van der Waals surface area contributed by atoms with E-state index in [0.29, 0.717) is 18.5 Å². The number of hydrogen-bond donors (Lipinski definition) is 1. The molecule has 0 saturated heterocycles. The number of aromatic nitrogens is 1. The molecule has 3 heteroatoms. The first kappa shape index (κ1) is 13.1. The molecule has 0 aliphatic heterocycles. The van der Waals surface area contributed by atoms with Crippen molar-refractivity contribution in [3.63, 3.8) is 0 Å². The third-order valence-corrected chi connectivity index (χ3v) is 3.92. The summed E-state index contributed by atoms with van der Waals surface area (Å²) >= 11 is 0. The van der Waals surface area contributed by atoms with Crippen LogP contribution in [-0.2, 0) is 6.61 Å². The van der Waals surface area contributed by atoms with Gasteiger partial charge in [-0.2, -0.15) is 0 Å². The Morgan fingerprint density at radius 1 is 0.955 bits per heavy atom. The van der Waals surface area contributed by atoms with E-state index in [1.165, 1.54) is 23.9 Å². The second-order valence-corrected chi connectivity index (χ2v) is 5.71. The number of anilines is 1. The Hall–Kier alpha value is -2.55. The number of benzene rings is 2. The Bertz CT molecular complexity index is 782. The van der Waals surface area contributed by atoms with Gasteiger partial charge in [-0.25, -0.2) is 4.98 Å². The van der Waals surface area contributed by atoms with Crippen molar-refractivity contribution in [1.82, 2.24) is 4.98 Å². The molecule has 2 aromatic carbocycles. The van der Waals surface area contributed by atoms with Gasteiger partial charge in [-0.3, -0.25) is 0 Å². The van der Waals surface area contributed by atoms with Crippen LogP contribution in [0.25, 0.3) is 10.8 Å². The summed E-state index contributed by atoms with van der Waals surface area (Å²) in [5.41, 5.74) is 2.32. The van der Waals surface area contributed by atoms with Crippen molar-refractivity contribution in [2.45, 2.75) is 25.5 Å². The Morgan fingerprint density at radius 2 is 1.82 bits per heavy atom. The van der Waals surface area contributed by atoms with Crippen LogP contribution in [0.2, 0.25) is 0 Å². The lowest BCUT2D eigenvalue weighted by Crippen LogP contribution is -2.02. The fourth-order valence-corrected chi connectivity index (χ4v) is 2.59. The molecule has 1 aromatic heterocycles. The van der Waals surface area contributed by atoms with Crippen molar-refractivity contribution in [3.8, 4) is 5.88 Å². The highest BCUT2D eigenvalue weighted by Crippen LogP contribution is 2.32. The average molecular weight is 290 g/mol. The summed E-state index contributed by atoms with van der Waals surface area (Å²) in [4.78, 5) is 4.41. The van der Waals surface area contributed by atoms with E-state index in [2.05, 4.69) is 46.7 Å². The highest BCUT2D eigenvalue weighted by atomic mass is 16.5. The molecule has 0 unspecified atom stereocenters. The second-order valence-electron chi connectivity index (χ2n) is 5.71. The Labute approximate surface area is 130 Å². The van der Waals surface area contributed by atoms with Crippen LogP contribution in [0, 0.1) is 0 Å². The van der Waals surface area contributed by atoms with Gasteiger partial charge in [-0.1, -0.05) is 36.4 Å². The smallest absolute Gasteiger partial charge is 0.221 e. The van der Waals surface area contributed by atoms with Gasteiger partial charge in [0.25, 0.3) is 0 Å². The molecule has 0 radical (unpaired) electrons. The molecular formula is C19H18N2O. The van der Waals surface area contributed by atoms with E-state index < -0.39 is 0 Å². The van der Waals surface area contributed by atoms with Crippen LogP contribution in [0.3, 0.4) is 0 Å². The zero-order valence-electron chi connectivity index (χ0n) is 12.3. The van der Waals surface area contributed by atoms with E-state index in [1.807, 2.05) is 24.4 Å².